The second kappa shape index (κ2) is 4.95. The second-order valence-electron chi connectivity index (χ2n) is 4.15. The van der Waals surface area contributed by atoms with Crippen molar-refractivity contribution in [3.05, 3.63) is 24.0 Å². The number of rotatable bonds is 2. The van der Waals surface area contributed by atoms with Crippen LogP contribution >= 0.6 is 0 Å². The third kappa shape index (κ3) is 2.31. The van der Waals surface area contributed by atoms with Crippen LogP contribution in [-0.2, 0) is 0 Å². The predicted octanol–water partition coefficient (Wildman–Crippen LogP) is 1.51. The van der Waals surface area contributed by atoms with Gasteiger partial charge in [-0.2, -0.15) is 5.26 Å². The van der Waals surface area contributed by atoms with Gasteiger partial charge in [-0.05, 0) is 38.4 Å². The van der Waals surface area contributed by atoms with Gasteiger partial charge in [-0.1, -0.05) is 0 Å². The van der Waals surface area contributed by atoms with E-state index < -0.39 is 0 Å². The molecule has 0 aliphatic carbocycles. The van der Waals surface area contributed by atoms with Crippen LogP contribution in [0.4, 0.5) is 5.69 Å². The number of nitriles is 1. The standard InChI is InChI=1S/C12H16N4/c1-9-10(4-2-6-14-9)16-11-5-3-7-15-12(11)8-13/h3,5,7,9-10,14,16H,2,4,6H2,1H3. The van der Waals surface area contributed by atoms with Gasteiger partial charge in [-0.25, -0.2) is 4.98 Å². The van der Waals surface area contributed by atoms with Crippen molar-refractivity contribution in [3.63, 3.8) is 0 Å². The van der Waals surface area contributed by atoms with E-state index in [1.165, 1.54) is 6.42 Å². The Morgan fingerprint density at radius 2 is 2.50 bits per heavy atom. The van der Waals surface area contributed by atoms with Crippen LogP contribution in [0.3, 0.4) is 0 Å². The van der Waals surface area contributed by atoms with Gasteiger partial charge in [0, 0.05) is 18.3 Å². The van der Waals surface area contributed by atoms with Gasteiger partial charge >= 0.3 is 0 Å². The highest BCUT2D eigenvalue weighted by atomic mass is 15.0. The Hall–Kier alpha value is -1.60. The molecule has 2 N–H and O–H groups in total. The first-order chi connectivity index (χ1) is 7.81. The second-order valence-corrected chi connectivity index (χ2v) is 4.15. The smallest absolute Gasteiger partial charge is 0.163 e. The maximum atomic E-state index is 8.95. The molecule has 84 valence electrons. The Morgan fingerprint density at radius 3 is 3.25 bits per heavy atom. The third-order valence-electron chi connectivity index (χ3n) is 3.02. The molecule has 16 heavy (non-hydrogen) atoms. The van der Waals surface area contributed by atoms with Crippen molar-refractivity contribution in [2.45, 2.75) is 31.8 Å². The van der Waals surface area contributed by atoms with Crippen molar-refractivity contribution in [3.8, 4) is 6.07 Å². The summed E-state index contributed by atoms with van der Waals surface area (Å²) in [5.74, 6) is 0. The van der Waals surface area contributed by atoms with Crippen molar-refractivity contribution in [1.82, 2.24) is 10.3 Å². The van der Waals surface area contributed by atoms with Gasteiger partial charge in [0.2, 0.25) is 0 Å². The number of aromatic nitrogens is 1. The molecule has 2 heterocycles. The highest BCUT2D eigenvalue weighted by Gasteiger charge is 2.21. The van der Waals surface area contributed by atoms with Crippen LogP contribution in [0.1, 0.15) is 25.5 Å². The zero-order valence-corrected chi connectivity index (χ0v) is 9.40. The molecule has 1 fully saturated rings. The molecular formula is C12H16N4. The molecule has 0 radical (unpaired) electrons. The van der Waals surface area contributed by atoms with Gasteiger partial charge in [0.05, 0.1) is 5.69 Å². The molecule has 0 amide bonds. The highest BCUT2D eigenvalue weighted by molar-refractivity contribution is 5.54. The number of nitrogens with one attached hydrogen (secondary N) is 2. The summed E-state index contributed by atoms with van der Waals surface area (Å²) in [4.78, 5) is 4.04. The van der Waals surface area contributed by atoms with E-state index in [9.17, 15) is 0 Å². The minimum absolute atomic E-state index is 0.380. The lowest BCUT2D eigenvalue weighted by atomic mass is 9.99. The normalized spacial score (nSPS) is 24.8. The van der Waals surface area contributed by atoms with Crippen molar-refractivity contribution in [2.75, 3.05) is 11.9 Å². The lowest BCUT2D eigenvalue weighted by Crippen LogP contribution is -2.46. The largest absolute Gasteiger partial charge is 0.378 e. The van der Waals surface area contributed by atoms with E-state index in [-0.39, 0.29) is 0 Å². The minimum Gasteiger partial charge on any atom is -0.378 e. The van der Waals surface area contributed by atoms with Crippen molar-refractivity contribution < 1.29 is 0 Å². The summed E-state index contributed by atoms with van der Waals surface area (Å²) >= 11 is 0. The summed E-state index contributed by atoms with van der Waals surface area (Å²) in [6.07, 6.45) is 3.95. The Morgan fingerprint density at radius 1 is 1.62 bits per heavy atom. The van der Waals surface area contributed by atoms with Gasteiger partial charge in [-0.3, -0.25) is 0 Å². The Kier molecular flexibility index (Phi) is 3.37. The van der Waals surface area contributed by atoms with Gasteiger partial charge < -0.3 is 10.6 Å². The van der Waals surface area contributed by atoms with E-state index in [2.05, 4.69) is 28.6 Å². The molecule has 0 aromatic carbocycles. The Balaban J connectivity index is 2.11. The zero-order chi connectivity index (χ0) is 11.4. The van der Waals surface area contributed by atoms with Crippen molar-refractivity contribution >= 4 is 5.69 Å². The van der Waals surface area contributed by atoms with Crippen LogP contribution in [0.15, 0.2) is 18.3 Å². The molecule has 4 heteroatoms. The predicted molar refractivity (Wildman–Crippen MR) is 63.1 cm³/mol. The number of nitrogens with zero attached hydrogens (tertiary/aromatic N) is 2. The summed E-state index contributed by atoms with van der Waals surface area (Å²) in [5.41, 5.74) is 1.31. The SMILES string of the molecule is CC1NCCCC1Nc1cccnc1C#N. The molecule has 2 atom stereocenters. The molecule has 2 unspecified atom stereocenters. The molecule has 1 aromatic heterocycles. The van der Waals surface area contributed by atoms with Crippen LogP contribution in [0.5, 0.6) is 0 Å². The molecule has 2 rings (SSSR count). The quantitative estimate of drug-likeness (QED) is 0.786. The summed E-state index contributed by atoms with van der Waals surface area (Å²) in [5, 5.41) is 15.8. The topological polar surface area (TPSA) is 60.7 Å². The number of piperidine rings is 1. The van der Waals surface area contributed by atoms with E-state index in [1.807, 2.05) is 12.1 Å². The molecule has 0 spiro atoms. The van der Waals surface area contributed by atoms with Gasteiger partial charge in [0.25, 0.3) is 0 Å². The lowest BCUT2D eigenvalue weighted by molar-refractivity contribution is 0.389. The fraction of sp³-hybridized carbons (Fsp3) is 0.500. The monoisotopic (exact) mass is 216 g/mol. The Bertz CT molecular complexity index is 396. The molecule has 0 saturated carbocycles. The first-order valence-electron chi connectivity index (χ1n) is 5.66. The number of hydrogen-bond donors (Lipinski definition) is 2. The summed E-state index contributed by atoms with van der Waals surface area (Å²) in [6.45, 7) is 3.25. The van der Waals surface area contributed by atoms with Crippen LogP contribution in [0.25, 0.3) is 0 Å². The van der Waals surface area contributed by atoms with E-state index in [0.717, 1.165) is 18.7 Å². The zero-order valence-electron chi connectivity index (χ0n) is 9.40. The first kappa shape index (κ1) is 10.9. The number of hydrogen-bond acceptors (Lipinski definition) is 4. The molecule has 1 aliphatic rings. The fourth-order valence-electron chi connectivity index (χ4n) is 2.05. The van der Waals surface area contributed by atoms with E-state index in [1.54, 1.807) is 6.20 Å². The average molecular weight is 216 g/mol. The summed E-state index contributed by atoms with van der Waals surface area (Å²) in [6, 6.07) is 6.68. The van der Waals surface area contributed by atoms with E-state index >= 15 is 0 Å². The van der Waals surface area contributed by atoms with Gasteiger partial charge in [0.15, 0.2) is 5.69 Å². The summed E-state index contributed by atoms with van der Waals surface area (Å²) in [7, 11) is 0. The van der Waals surface area contributed by atoms with E-state index in [4.69, 9.17) is 5.26 Å². The number of anilines is 1. The maximum Gasteiger partial charge on any atom is 0.163 e. The lowest BCUT2D eigenvalue weighted by Gasteiger charge is -2.31. The highest BCUT2D eigenvalue weighted by Crippen LogP contribution is 2.17. The molecule has 1 aliphatic heterocycles. The first-order valence-corrected chi connectivity index (χ1v) is 5.66. The molecule has 1 aromatic rings. The molecule has 1 saturated heterocycles. The minimum atomic E-state index is 0.380. The van der Waals surface area contributed by atoms with Crippen LogP contribution in [-0.4, -0.2) is 23.6 Å². The van der Waals surface area contributed by atoms with Crippen LogP contribution in [0.2, 0.25) is 0 Å². The summed E-state index contributed by atoms with van der Waals surface area (Å²) < 4.78 is 0. The third-order valence-corrected chi connectivity index (χ3v) is 3.02. The van der Waals surface area contributed by atoms with Crippen molar-refractivity contribution in [1.29, 1.82) is 5.26 Å². The van der Waals surface area contributed by atoms with Crippen LogP contribution in [0, 0.1) is 11.3 Å². The van der Waals surface area contributed by atoms with E-state index in [0.29, 0.717) is 17.8 Å². The average Bonchev–Trinajstić information content (AvgIpc) is 2.33. The van der Waals surface area contributed by atoms with Gasteiger partial charge in [0.1, 0.15) is 6.07 Å². The van der Waals surface area contributed by atoms with Crippen LogP contribution < -0.4 is 10.6 Å². The molecule has 0 bridgehead atoms. The molecule has 4 nitrogen and oxygen atoms in total. The number of pyridine rings is 1. The van der Waals surface area contributed by atoms with Crippen molar-refractivity contribution in [2.24, 2.45) is 0 Å². The fourth-order valence-corrected chi connectivity index (χ4v) is 2.05. The maximum absolute atomic E-state index is 8.95. The van der Waals surface area contributed by atoms with Gasteiger partial charge in [-0.15, -0.1) is 0 Å². The Labute approximate surface area is 95.7 Å². The molecular weight excluding hydrogens is 200 g/mol.